The molecular weight excluding hydrogens is 193 g/mol. The van der Waals surface area contributed by atoms with Crippen molar-refractivity contribution in [3.05, 3.63) is 0 Å². The Hall–Kier alpha value is 0.0249. The third-order valence-electron chi connectivity index (χ3n) is 3.65. The van der Waals surface area contributed by atoms with E-state index in [9.17, 15) is 0 Å². The molecular formula is C14H32BN. The van der Waals surface area contributed by atoms with Gasteiger partial charge in [-0.1, -0.05) is 53.9 Å². The fourth-order valence-corrected chi connectivity index (χ4v) is 2.37. The standard InChI is InChI=1S/C14H32BN/c1-6-8-9-14(7-2)11-16(15)13(5)10-12(3)4/h12-14H,6-11,15H2,1-5H3. The van der Waals surface area contributed by atoms with Gasteiger partial charge in [-0.15, -0.1) is 0 Å². The average molecular weight is 225 g/mol. The number of rotatable bonds is 9. The molecule has 0 aromatic rings. The minimum Gasteiger partial charge on any atom is -0.346 e. The summed E-state index contributed by atoms with van der Waals surface area (Å²) in [5, 5.41) is 0. The van der Waals surface area contributed by atoms with Crippen LogP contribution in [0, 0.1) is 11.8 Å². The number of hydrogen-bond acceptors (Lipinski definition) is 1. The van der Waals surface area contributed by atoms with Crippen molar-refractivity contribution in [1.82, 2.24) is 4.81 Å². The fourth-order valence-electron chi connectivity index (χ4n) is 2.37. The van der Waals surface area contributed by atoms with E-state index in [1.54, 1.807) is 0 Å². The van der Waals surface area contributed by atoms with E-state index in [2.05, 4.69) is 47.4 Å². The second-order valence-corrected chi connectivity index (χ2v) is 5.83. The molecule has 2 heteroatoms. The Morgan fingerprint density at radius 1 is 1.12 bits per heavy atom. The monoisotopic (exact) mass is 225 g/mol. The van der Waals surface area contributed by atoms with Gasteiger partial charge in [-0.2, -0.15) is 0 Å². The molecule has 0 amide bonds. The van der Waals surface area contributed by atoms with Crippen LogP contribution in [0.15, 0.2) is 0 Å². The first-order valence-corrected chi connectivity index (χ1v) is 7.21. The van der Waals surface area contributed by atoms with Crippen LogP contribution in [0.2, 0.25) is 0 Å². The van der Waals surface area contributed by atoms with Crippen LogP contribution in [-0.4, -0.2) is 25.4 Å². The number of nitrogens with zero attached hydrogens (tertiary/aromatic N) is 1. The molecule has 0 spiro atoms. The zero-order chi connectivity index (χ0) is 12.6. The summed E-state index contributed by atoms with van der Waals surface area (Å²) in [5.41, 5.74) is 0. The first-order valence-electron chi connectivity index (χ1n) is 7.21. The normalized spacial score (nSPS) is 15.7. The van der Waals surface area contributed by atoms with Crippen molar-refractivity contribution in [3.8, 4) is 0 Å². The van der Waals surface area contributed by atoms with E-state index in [1.165, 1.54) is 38.6 Å². The molecule has 0 aliphatic rings. The van der Waals surface area contributed by atoms with E-state index < -0.39 is 0 Å². The summed E-state index contributed by atoms with van der Waals surface area (Å²) in [7, 11) is 2.29. The molecule has 96 valence electrons. The second-order valence-electron chi connectivity index (χ2n) is 5.83. The van der Waals surface area contributed by atoms with E-state index in [0.29, 0.717) is 0 Å². The van der Waals surface area contributed by atoms with Crippen molar-refractivity contribution in [1.29, 1.82) is 0 Å². The van der Waals surface area contributed by atoms with Crippen LogP contribution in [0.25, 0.3) is 0 Å². The predicted molar refractivity (Wildman–Crippen MR) is 77.5 cm³/mol. The molecule has 0 saturated carbocycles. The quantitative estimate of drug-likeness (QED) is 0.543. The second kappa shape index (κ2) is 9.10. The van der Waals surface area contributed by atoms with Gasteiger partial charge in [-0.25, -0.2) is 0 Å². The summed E-state index contributed by atoms with van der Waals surface area (Å²) in [6.07, 6.45) is 6.79. The summed E-state index contributed by atoms with van der Waals surface area (Å²) >= 11 is 0. The molecule has 0 aliphatic heterocycles. The topological polar surface area (TPSA) is 3.24 Å². The van der Waals surface area contributed by atoms with Crippen molar-refractivity contribution < 1.29 is 0 Å². The lowest BCUT2D eigenvalue weighted by atomic mass is 9.94. The minimum absolute atomic E-state index is 0.732. The minimum atomic E-state index is 0.732. The molecule has 0 aliphatic carbocycles. The van der Waals surface area contributed by atoms with Crippen LogP contribution >= 0.6 is 0 Å². The summed E-state index contributed by atoms with van der Waals surface area (Å²) in [4.78, 5) is 2.56. The molecule has 0 rings (SSSR count). The molecule has 0 heterocycles. The third-order valence-corrected chi connectivity index (χ3v) is 3.65. The van der Waals surface area contributed by atoms with Gasteiger partial charge in [0.25, 0.3) is 0 Å². The van der Waals surface area contributed by atoms with Crippen LogP contribution < -0.4 is 0 Å². The zero-order valence-corrected chi connectivity index (χ0v) is 12.4. The van der Waals surface area contributed by atoms with Crippen LogP contribution in [-0.2, 0) is 0 Å². The van der Waals surface area contributed by atoms with Gasteiger partial charge in [0, 0.05) is 0 Å². The van der Waals surface area contributed by atoms with Gasteiger partial charge in [0.1, 0.15) is 0 Å². The van der Waals surface area contributed by atoms with Crippen molar-refractivity contribution >= 4 is 7.98 Å². The van der Waals surface area contributed by atoms with Crippen molar-refractivity contribution in [3.63, 3.8) is 0 Å². The van der Waals surface area contributed by atoms with E-state index in [0.717, 1.165) is 17.9 Å². The van der Waals surface area contributed by atoms with E-state index in [4.69, 9.17) is 0 Å². The smallest absolute Gasteiger partial charge is 0.185 e. The van der Waals surface area contributed by atoms with E-state index in [1.807, 2.05) is 0 Å². The van der Waals surface area contributed by atoms with Gasteiger partial charge in [0.2, 0.25) is 0 Å². The molecule has 2 atom stereocenters. The third kappa shape index (κ3) is 7.32. The first-order chi connectivity index (χ1) is 7.51. The highest BCUT2D eigenvalue weighted by atomic mass is 15.1. The Balaban J connectivity index is 3.92. The summed E-state index contributed by atoms with van der Waals surface area (Å²) in [6.45, 7) is 12.9. The van der Waals surface area contributed by atoms with Crippen molar-refractivity contribution in [2.75, 3.05) is 6.54 Å². The van der Waals surface area contributed by atoms with Gasteiger partial charge in [-0.3, -0.25) is 0 Å². The van der Waals surface area contributed by atoms with Gasteiger partial charge >= 0.3 is 0 Å². The molecule has 2 unspecified atom stereocenters. The highest BCUT2D eigenvalue weighted by Crippen LogP contribution is 2.16. The summed E-state index contributed by atoms with van der Waals surface area (Å²) in [5.74, 6) is 1.72. The molecule has 0 aromatic heterocycles. The fraction of sp³-hybridized carbons (Fsp3) is 1.00. The maximum atomic E-state index is 2.56. The highest BCUT2D eigenvalue weighted by Gasteiger charge is 2.14. The molecule has 0 fully saturated rings. The molecule has 0 radical (unpaired) electrons. The molecule has 0 N–H and O–H groups in total. The van der Waals surface area contributed by atoms with Crippen LogP contribution in [0.5, 0.6) is 0 Å². The molecule has 0 saturated heterocycles. The molecule has 0 aromatic carbocycles. The van der Waals surface area contributed by atoms with Gasteiger partial charge < -0.3 is 4.81 Å². The molecule has 0 bridgehead atoms. The summed E-state index contributed by atoms with van der Waals surface area (Å²) in [6, 6.07) is 0.732. The largest absolute Gasteiger partial charge is 0.346 e. The van der Waals surface area contributed by atoms with Crippen LogP contribution in [0.4, 0.5) is 0 Å². The van der Waals surface area contributed by atoms with E-state index >= 15 is 0 Å². The molecule has 16 heavy (non-hydrogen) atoms. The van der Waals surface area contributed by atoms with Crippen LogP contribution in [0.1, 0.15) is 66.7 Å². The van der Waals surface area contributed by atoms with Gasteiger partial charge in [-0.05, 0) is 37.3 Å². The molecule has 1 nitrogen and oxygen atoms in total. The Morgan fingerprint density at radius 2 is 1.75 bits per heavy atom. The zero-order valence-electron chi connectivity index (χ0n) is 12.4. The summed E-state index contributed by atoms with van der Waals surface area (Å²) < 4.78 is 0. The Bertz CT molecular complexity index is 159. The van der Waals surface area contributed by atoms with E-state index in [-0.39, 0.29) is 0 Å². The Morgan fingerprint density at radius 3 is 2.19 bits per heavy atom. The highest BCUT2D eigenvalue weighted by molar-refractivity contribution is 6.04. The predicted octanol–water partition coefficient (Wildman–Crippen LogP) is 3.49. The van der Waals surface area contributed by atoms with Crippen molar-refractivity contribution in [2.24, 2.45) is 11.8 Å². The lowest BCUT2D eigenvalue weighted by Gasteiger charge is -2.30. The lowest BCUT2D eigenvalue weighted by Crippen LogP contribution is -2.35. The maximum absolute atomic E-state index is 2.56. The van der Waals surface area contributed by atoms with Gasteiger partial charge in [0.05, 0.1) is 0 Å². The average Bonchev–Trinajstić information content (AvgIpc) is 2.22. The first kappa shape index (κ1) is 16.0. The van der Waals surface area contributed by atoms with Crippen molar-refractivity contribution in [2.45, 2.75) is 72.8 Å². The lowest BCUT2D eigenvalue weighted by molar-refractivity contribution is 0.257. The maximum Gasteiger partial charge on any atom is 0.185 e. The Kier molecular flexibility index (Phi) is 9.11. The van der Waals surface area contributed by atoms with Gasteiger partial charge in [0.15, 0.2) is 7.98 Å². The Labute approximate surface area is 104 Å². The number of hydrogen-bond donors (Lipinski definition) is 0. The van der Waals surface area contributed by atoms with Crippen LogP contribution in [0.3, 0.4) is 0 Å². The number of unbranched alkanes of at least 4 members (excludes halogenated alkanes) is 1. The SMILES string of the molecule is BN(CC(CC)CCCC)C(C)CC(C)C.